The van der Waals surface area contributed by atoms with Gasteiger partial charge in [0.05, 0.1) is 5.41 Å². The Balaban J connectivity index is 2.04. The molecule has 0 aromatic carbocycles. The van der Waals surface area contributed by atoms with E-state index in [-0.39, 0.29) is 10.8 Å². The van der Waals surface area contributed by atoms with E-state index < -0.39 is 5.97 Å². The number of rotatable bonds is 2. The Morgan fingerprint density at radius 2 is 2.06 bits per heavy atom. The Bertz CT molecular complexity index is 356. The van der Waals surface area contributed by atoms with Crippen molar-refractivity contribution >= 4 is 21.9 Å². The lowest BCUT2D eigenvalue weighted by molar-refractivity contribution is -0.184. The van der Waals surface area contributed by atoms with Gasteiger partial charge in [0.15, 0.2) is 0 Å². The molecule has 0 saturated heterocycles. The second kappa shape index (κ2) is 3.04. The summed E-state index contributed by atoms with van der Waals surface area (Å²) in [5.41, 5.74) is 0.195. The van der Waals surface area contributed by atoms with Crippen LogP contribution in [0.15, 0.2) is 0 Å². The van der Waals surface area contributed by atoms with Gasteiger partial charge in [0.25, 0.3) is 0 Å². The van der Waals surface area contributed by atoms with Gasteiger partial charge < -0.3 is 5.11 Å². The summed E-state index contributed by atoms with van der Waals surface area (Å²) in [6.07, 6.45) is 6.51. The van der Waals surface area contributed by atoms with Crippen molar-refractivity contribution in [3.63, 3.8) is 0 Å². The van der Waals surface area contributed by atoms with Crippen LogP contribution in [-0.2, 0) is 4.79 Å². The summed E-state index contributed by atoms with van der Waals surface area (Å²) in [7, 11) is 0. The number of carboxylic acids is 1. The van der Waals surface area contributed by atoms with E-state index in [1.54, 1.807) is 0 Å². The molecule has 0 spiro atoms. The molecular weight excluding hydrogens is 268 g/mol. The fourth-order valence-corrected chi connectivity index (χ4v) is 6.15. The topological polar surface area (TPSA) is 37.3 Å². The fraction of sp³-hybridized carbons (Fsp3) is 0.923. The summed E-state index contributed by atoms with van der Waals surface area (Å²) in [4.78, 5) is 11.6. The first-order valence-electron chi connectivity index (χ1n) is 6.21. The highest BCUT2D eigenvalue weighted by atomic mass is 79.9. The van der Waals surface area contributed by atoms with Gasteiger partial charge in [0.2, 0.25) is 0 Å². The van der Waals surface area contributed by atoms with Gasteiger partial charge in [-0.2, -0.15) is 0 Å². The van der Waals surface area contributed by atoms with E-state index in [0.29, 0.717) is 11.3 Å². The molecule has 90 valence electrons. The first-order valence-corrected chi connectivity index (χ1v) is 7.33. The van der Waals surface area contributed by atoms with Gasteiger partial charge in [-0.25, -0.2) is 0 Å². The highest BCUT2D eigenvalue weighted by Gasteiger charge is 2.64. The molecule has 4 saturated carbocycles. The van der Waals surface area contributed by atoms with Crippen molar-refractivity contribution < 1.29 is 9.90 Å². The minimum atomic E-state index is -0.534. The first-order chi connectivity index (χ1) is 7.41. The molecule has 1 N–H and O–H groups in total. The minimum absolute atomic E-state index is 0.284. The van der Waals surface area contributed by atoms with E-state index in [1.165, 1.54) is 19.3 Å². The third-order valence-electron chi connectivity index (χ3n) is 5.20. The van der Waals surface area contributed by atoms with Gasteiger partial charge in [0, 0.05) is 5.33 Å². The monoisotopic (exact) mass is 286 g/mol. The summed E-state index contributed by atoms with van der Waals surface area (Å²) in [6, 6.07) is 0. The molecule has 2 nitrogen and oxygen atoms in total. The molecule has 0 unspecified atom stereocenters. The van der Waals surface area contributed by atoms with Crippen LogP contribution in [0.1, 0.15) is 45.4 Å². The third kappa shape index (κ3) is 1.33. The normalized spacial score (nSPS) is 54.2. The molecule has 0 aliphatic heterocycles. The van der Waals surface area contributed by atoms with Crippen LogP contribution in [0.4, 0.5) is 0 Å². The second-order valence-electron chi connectivity index (χ2n) is 7.04. The Labute approximate surface area is 105 Å². The maximum atomic E-state index is 11.6. The number of aliphatic carboxylic acids is 1. The zero-order valence-corrected chi connectivity index (χ0v) is 11.3. The van der Waals surface area contributed by atoms with Gasteiger partial charge in [0.1, 0.15) is 0 Å². The van der Waals surface area contributed by atoms with Crippen molar-refractivity contribution in [2.45, 2.75) is 45.4 Å². The van der Waals surface area contributed by atoms with Crippen molar-refractivity contribution in [2.24, 2.45) is 22.2 Å². The summed E-state index contributed by atoms with van der Waals surface area (Å²) in [5.74, 6) is 0.128. The molecule has 4 atom stereocenters. The van der Waals surface area contributed by atoms with Gasteiger partial charge in [-0.1, -0.05) is 22.9 Å². The quantitative estimate of drug-likeness (QED) is 0.790. The average Bonchev–Trinajstić information content (AvgIpc) is 2.13. The molecule has 4 rings (SSSR count). The standard InChI is InChI=1S/C13H19BrO2/c1-11-2-9-3-12(5-11,8-14)7-13(4-9,6-11)10(15)16/h9H,2-8H2,1H3,(H,15,16)/t9-,11-,12+,13+/m0/s1. The molecule has 4 bridgehead atoms. The minimum Gasteiger partial charge on any atom is -0.481 e. The number of hydrogen-bond donors (Lipinski definition) is 1. The third-order valence-corrected chi connectivity index (χ3v) is 6.39. The van der Waals surface area contributed by atoms with Crippen LogP contribution in [0.2, 0.25) is 0 Å². The highest BCUT2D eigenvalue weighted by Crippen LogP contribution is 2.69. The molecule has 4 fully saturated rings. The van der Waals surface area contributed by atoms with E-state index >= 15 is 0 Å². The van der Waals surface area contributed by atoms with Gasteiger partial charge >= 0.3 is 5.97 Å². The smallest absolute Gasteiger partial charge is 0.309 e. The molecular formula is C13H19BrO2. The Morgan fingerprint density at radius 3 is 2.62 bits per heavy atom. The zero-order chi connectivity index (χ0) is 11.6. The summed E-state index contributed by atoms with van der Waals surface area (Å²) in [5, 5.41) is 10.6. The van der Waals surface area contributed by atoms with Crippen LogP contribution in [0.25, 0.3) is 0 Å². The predicted octanol–water partition coefficient (Wildman–Crippen LogP) is 3.44. The van der Waals surface area contributed by atoms with Crippen LogP contribution in [0.5, 0.6) is 0 Å². The molecule has 0 aromatic heterocycles. The van der Waals surface area contributed by atoms with Crippen LogP contribution in [-0.4, -0.2) is 16.4 Å². The molecule has 0 radical (unpaired) electrons. The van der Waals surface area contributed by atoms with E-state index in [9.17, 15) is 9.90 Å². The fourth-order valence-electron chi connectivity index (χ4n) is 5.53. The number of hydrogen-bond acceptors (Lipinski definition) is 1. The predicted molar refractivity (Wildman–Crippen MR) is 65.6 cm³/mol. The van der Waals surface area contributed by atoms with Crippen molar-refractivity contribution in [1.82, 2.24) is 0 Å². The maximum Gasteiger partial charge on any atom is 0.309 e. The van der Waals surface area contributed by atoms with Crippen molar-refractivity contribution in [2.75, 3.05) is 5.33 Å². The van der Waals surface area contributed by atoms with E-state index in [0.717, 1.165) is 24.6 Å². The van der Waals surface area contributed by atoms with E-state index in [4.69, 9.17) is 0 Å². The van der Waals surface area contributed by atoms with Crippen molar-refractivity contribution in [1.29, 1.82) is 0 Å². The molecule has 0 amide bonds. The number of carbonyl (C=O) groups is 1. The molecule has 3 heteroatoms. The van der Waals surface area contributed by atoms with Gasteiger partial charge in [-0.15, -0.1) is 0 Å². The van der Waals surface area contributed by atoms with Crippen molar-refractivity contribution in [3.05, 3.63) is 0 Å². The van der Waals surface area contributed by atoms with Crippen LogP contribution >= 0.6 is 15.9 Å². The SMILES string of the molecule is C[C@]12C[C@H]3C[C@@](CBr)(C1)C[C@@](C(=O)O)(C3)C2. The van der Waals surface area contributed by atoms with Gasteiger partial charge in [-0.3, -0.25) is 4.79 Å². The average molecular weight is 287 g/mol. The van der Waals surface area contributed by atoms with Crippen LogP contribution in [0, 0.1) is 22.2 Å². The lowest BCUT2D eigenvalue weighted by Crippen LogP contribution is -2.59. The number of carboxylic acid groups (broad SMARTS) is 1. The van der Waals surface area contributed by atoms with Crippen LogP contribution < -0.4 is 0 Å². The Kier molecular flexibility index (Phi) is 2.10. The van der Waals surface area contributed by atoms with Crippen LogP contribution in [0.3, 0.4) is 0 Å². The van der Waals surface area contributed by atoms with Gasteiger partial charge in [-0.05, 0) is 55.3 Å². The number of alkyl halides is 1. The molecule has 0 heterocycles. The highest BCUT2D eigenvalue weighted by molar-refractivity contribution is 9.09. The lowest BCUT2D eigenvalue weighted by Gasteiger charge is -2.64. The molecule has 4 aliphatic rings. The lowest BCUT2D eigenvalue weighted by atomic mass is 9.40. The summed E-state index contributed by atoms with van der Waals surface area (Å²) >= 11 is 3.64. The van der Waals surface area contributed by atoms with E-state index in [1.807, 2.05) is 0 Å². The first kappa shape index (κ1) is 11.1. The van der Waals surface area contributed by atoms with E-state index in [2.05, 4.69) is 22.9 Å². The molecule has 16 heavy (non-hydrogen) atoms. The Hall–Kier alpha value is -0.0500. The van der Waals surface area contributed by atoms with Crippen molar-refractivity contribution in [3.8, 4) is 0 Å². The largest absolute Gasteiger partial charge is 0.481 e. The summed E-state index contributed by atoms with van der Waals surface area (Å²) < 4.78 is 0. The summed E-state index contributed by atoms with van der Waals surface area (Å²) in [6.45, 7) is 2.31. The maximum absolute atomic E-state index is 11.6. The number of halogens is 1. The molecule has 4 aliphatic carbocycles. The molecule has 0 aromatic rings. The zero-order valence-electron chi connectivity index (χ0n) is 9.76. The second-order valence-corrected chi connectivity index (χ2v) is 7.60. The Morgan fingerprint density at radius 1 is 1.31 bits per heavy atom.